The van der Waals surface area contributed by atoms with E-state index in [4.69, 9.17) is 14.6 Å². The van der Waals surface area contributed by atoms with Crippen LogP contribution in [0.15, 0.2) is 53.0 Å². The fourth-order valence-electron chi connectivity index (χ4n) is 1.63. The van der Waals surface area contributed by atoms with E-state index in [2.05, 4.69) is 15.9 Å². The topological polar surface area (TPSA) is 55.8 Å². The zero-order valence-corrected chi connectivity index (χ0v) is 12.2. The Balaban J connectivity index is 1.88. The number of ether oxygens (including phenoxy) is 2. The number of benzene rings is 2. The van der Waals surface area contributed by atoms with Gasteiger partial charge in [0.25, 0.3) is 0 Å². The van der Waals surface area contributed by atoms with Crippen LogP contribution in [0.3, 0.4) is 0 Å². The summed E-state index contributed by atoms with van der Waals surface area (Å²) in [5, 5.41) is 9.02. The average Bonchev–Trinajstić information content (AvgIpc) is 2.45. The Hall–Kier alpha value is -2.01. The summed E-state index contributed by atoms with van der Waals surface area (Å²) in [5.74, 6) is 0.0608. The maximum absolute atomic E-state index is 11.0. The van der Waals surface area contributed by atoms with Gasteiger partial charge in [0, 0.05) is 0 Å². The van der Waals surface area contributed by atoms with Crippen molar-refractivity contribution in [3.63, 3.8) is 0 Å². The molecule has 0 aromatic heterocycles. The van der Waals surface area contributed by atoms with Gasteiger partial charge >= 0.3 is 5.97 Å². The molecule has 104 valence electrons. The smallest absolute Gasteiger partial charge is 0.339 e. The maximum atomic E-state index is 11.0. The Labute approximate surface area is 125 Å². The number of aromatic carboxylic acids is 1. The lowest BCUT2D eigenvalue weighted by Crippen LogP contribution is -2.11. The zero-order valence-electron chi connectivity index (χ0n) is 10.6. The highest BCUT2D eigenvalue weighted by Crippen LogP contribution is 2.23. The lowest BCUT2D eigenvalue weighted by Gasteiger charge is -2.10. The average molecular weight is 337 g/mol. The van der Waals surface area contributed by atoms with Gasteiger partial charge in [-0.05, 0) is 40.2 Å². The van der Waals surface area contributed by atoms with Gasteiger partial charge in [0.1, 0.15) is 30.3 Å². The summed E-state index contributed by atoms with van der Waals surface area (Å²) in [5.41, 5.74) is 0.147. The van der Waals surface area contributed by atoms with Gasteiger partial charge in [-0.15, -0.1) is 0 Å². The van der Waals surface area contributed by atoms with Crippen LogP contribution >= 0.6 is 15.9 Å². The van der Waals surface area contributed by atoms with E-state index in [9.17, 15) is 4.79 Å². The van der Waals surface area contributed by atoms with E-state index in [1.807, 2.05) is 24.3 Å². The molecule has 0 radical (unpaired) electrons. The second-order valence-electron chi connectivity index (χ2n) is 3.93. The Kier molecular flexibility index (Phi) is 5.01. The second-order valence-corrected chi connectivity index (χ2v) is 4.78. The largest absolute Gasteiger partial charge is 0.489 e. The van der Waals surface area contributed by atoms with Crippen molar-refractivity contribution in [3.05, 3.63) is 58.6 Å². The second kappa shape index (κ2) is 6.96. The van der Waals surface area contributed by atoms with Crippen molar-refractivity contribution >= 4 is 21.9 Å². The highest BCUT2D eigenvalue weighted by Gasteiger charge is 2.09. The molecule has 0 aliphatic carbocycles. The molecule has 0 amide bonds. The van der Waals surface area contributed by atoms with Crippen molar-refractivity contribution in [3.8, 4) is 11.5 Å². The predicted molar refractivity (Wildman–Crippen MR) is 78.5 cm³/mol. The molecule has 20 heavy (non-hydrogen) atoms. The number of carboxylic acids is 1. The van der Waals surface area contributed by atoms with Gasteiger partial charge in [-0.1, -0.05) is 24.3 Å². The van der Waals surface area contributed by atoms with Gasteiger partial charge in [0.2, 0.25) is 0 Å². The molecule has 0 unspecified atom stereocenters. The molecule has 0 aliphatic heterocycles. The van der Waals surface area contributed by atoms with Crippen LogP contribution in [0.5, 0.6) is 11.5 Å². The lowest BCUT2D eigenvalue weighted by molar-refractivity contribution is 0.0691. The third-order valence-electron chi connectivity index (χ3n) is 2.55. The Morgan fingerprint density at radius 3 is 2.15 bits per heavy atom. The Bertz CT molecular complexity index is 598. The molecule has 0 saturated carbocycles. The van der Waals surface area contributed by atoms with E-state index in [1.54, 1.807) is 18.2 Å². The number of para-hydroxylation sites is 2. The molecular weight excluding hydrogens is 324 g/mol. The molecule has 0 atom stereocenters. The molecular formula is C15H13BrO4. The first-order valence-corrected chi connectivity index (χ1v) is 6.80. The Morgan fingerprint density at radius 2 is 1.50 bits per heavy atom. The summed E-state index contributed by atoms with van der Waals surface area (Å²) < 4.78 is 11.8. The van der Waals surface area contributed by atoms with Crippen molar-refractivity contribution < 1.29 is 19.4 Å². The van der Waals surface area contributed by atoms with Crippen LogP contribution < -0.4 is 9.47 Å². The van der Waals surface area contributed by atoms with Gasteiger partial charge in [0.05, 0.1) is 4.47 Å². The first kappa shape index (κ1) is 14.4. The van der Waals surface area contributed by atoms with E-state index in [-0.39, 0.29) is 12.2 Å². The highest BCUT2D eigenvalue weighted by molar-refractivity contribution is 9.10. The SMILES string of the molecule is O=C(O)c1ccccc1OCCOc1ccccc1Br. The van der Waals surface area contributed by atoms with E-state index in [0.717, 1.165) is 10.2 Å². The summed E-state index contributed by atoms with van der Waals surface area (Å²) in [7, 11) is 0. The van der Waals surface area contributed by atoms with Crippen molar-refractivity contribution in [1.82, 2.24) is 0 Å². The van der Waals surface area contributed by atoms with Gasteiger partial charge in [0.15, 0.2) is 0 Å². The molecule has 4 nitrogen and oxygen atoms in total. The molecule has 2 aromatic rings. The summed E-state index contributed by atoms with van der Waals surface area (Å²) in [6.07, 6.45) is 0. The van der Waals surface area contributed by atoms with E-state index in [1.165, 1.54) is 6.07 Å². The van der Waals surface area contributed by atoms with Crippen LogP contribution in [0.25, 0.3) is 0 Å². The van der Waals surface area contributed by atoms with Gasteiger partial charge in [-0.2, -0.15) is 0 Å². The van der Waals surface area contributed by atoms with Gasteiger partial charge in [-0.3, -0.25) is 0 Å². The molecule has 0 heterocycles. The van der Waals surface area contributed by atoms with Gasteiger partial charge in [-0.25, -0.2) is 4.79 Å². The maximum Gasteiger partial charge on any atom is 0.339 e. The number of carboxylic acid groups (broad SMARTS) is 1. The minimum Gasteiger partial charge on any atom is -0.489 e. The van der Waals surface area contributed by atoms with E-state index >= 15 is 0 Å². The van der Waals surface area contributed by atoms with Gasteiger partial charge < -0.3 is 14.6 Å². The number of hydrogen-bond acceptors (Lipinski definition) is 3. The normalized spacial score (nSPS) is 10.1. The van der Waals surface area contributed by atoms with Crippen molar-refractivity contribution in [2.24, 2.45) is 0 Å². The van der Waals surface area contributed by atoms with Crippen LogP contribution in [0.4, 0.5) is 0 Å². The highest BCUT2D eigenvalue weighted by atomic mass is 79.9. The van der Waals surface area contributed by atoms with Crippen molar-refractivity contribution in [2.45, 2.75) is 0 Å². The number of hydrogen-bond donors (Lipinski definition) is 1. The quantitative estimate of drug-likeness (QED) is 0.819. The number of carbonyl (C=O) groups is 1. The molecule has 2 rings (SSSR count). The third-order valence-corrected chi connectivity index (χ3v) is 3.21. The molecule has 5 heteroatoms. The molecule has 2 aromatic carbocycles. The molecule has 0 aliphatic rings. The summed E-state index contributed by atoms with van der Waals surface area (Å²) in [6.45, 7) is 0.599. The van der Waals surface area contributed by atoms with Crippen LogP contribution in [0, 0.1) is 0 Å². The third kappa shape index (κ3) is 3.74. The first-order valence-electron chi connectivity index (χ1n) is 6.01. The van der Waals surface area contributed by atoms with Crippen molar-refractivity contribution in [2.75, 3.05) is 13.2 Å². The monoisotopic (exact) mass is 336 g/mol. The van der Waals surface area contributed by atoms with Crippen LogP contribution in [0.1, 0.15) is 10.4 Å². The fourth-order valence-corrected chi connectivity index (χ4v) is 2.03. The lowest BCUT2D eigenvalue weighted by atomic mass is 10.2. The van der Waals surface area contributed by atoms with Crippen LogP contribution in [-0.4, -0.2) is 24.3 Å². The minimum absolute atomic E-state index is 0.147. The standard InChI is InChI=1S/C15H13BrO4/c16-12-6-2-4-8-14(12)20-10-9-19-13-7-3-1-5-11(13)15(17)18/h1-8H,9-10H2,(H,17,18). The molecule has 0 saturated heterocycles. The first-order chi connectivity index (χ1) is 9.68. The summed E-state index contributed by atoms with van der Waals surface area (Å²) >= 11 is 3.38. The zero-order chi connectivity index (χ0) is 14.4. The number of rotatable bonds is 6. The summed E-state index contributed by atoms with van der Waals surface area (Å²) in [4.78, 5) is 11.0. The van der Waals surface area contributed by atoms with E-state index < -0.39 is 5.97 Å². The molecule has 0 fully saturated rings. The molecule has 0 spiro atoms. The fraction of sp³-hybridized carbons (Fsp3) is 0.133. The minimum atomic E-state index is -1.01. The number of halogens is 1. The molecule has 0 bridgehead atoms. The summed E-state index contributed by atoms with van der Waals surface area (Å²) in [6, 6.07) is 14.0. The predicted octanol–water partition coefficient (Wildman–Crippen LogP) is 3.61. The van der Waals surface area contributed by atoms with Crippen LogP contribution in [0.2, 0.25) is 0 Å². The van der Waals surface area contributed by atoms with E-state index in [0.29, 0.717) is 12.4 Å². The van der Waals surface area contributed by atoms with Crippen LogP contribution in [-0.2, 0) is 0 Å². The Morgan fingerprint density at radius 1 is 0.950 bits per heavy atom. The van der Waals surface area contributed by atoms with Crippen molar-refractivity contribution in [1.29, 1.82) is 0 Å². The molecule has 1 N–H and O–H groups in total.